The molecule has 2 N–H and O–H groups in total. The summed E-state index contributed by atoms with van der Waals surface area (Å²) in [6.45, 7) is 10.1. The molecular weight excluding hydrogens is 318 g/mol. The Morgan fingerprint density at radius 1 is 1.28 bits per heavy atom. The van der Waals surface area contributed by atoms with Gasteiger partial charge in [-0.15, -0.1) is 0 Å². The molecule has 1 unspecified atom stereocenters. The van der Waals surface area contributed by atoms with Crippen molar-refractivity contribution in [3.05, 3.63) is 34.9 Å². The molecule has 7 heteroatoms. The minimum absolute atomic E-state index is 0.0918. The average molecular weight is 345 g/mol. The van der Waals surface area contributed by atoms with Crippen LogP contribution in [-0.2, 0) is 0 Å². The van der Waals surface area contributed by atoms with E-state index in [-0.39, 0.29) is 11.8 Å². The number of amides is 1. The molecule has 0 aliphatic rings. The maximum Gasteiger partial charge on any atom is 0.254 e. The van der Waals surface area contributed by atoms with E-state index in [1.165, 1.54) is 0 Å². The fourth-order valence-electron chi connectivity index (χ4n) is 2.55. The third-order valence-electron chi connectivity index (χ3n) is 3.94. The van der Waals surface area contributed by atoms with Gasteiger partial charge in [0.25, 0.3) is 11.9 Å². The molecule has 2 aromatic heterocycles. The fourth-order valence-corrected chi connectivity index (χ4v) is 2.55. The Hall–Kier alpha value is -2.28. The number of hydrogen-bond donors (Lipinski definition) is 2. The van der Waals surface area contributed by atoms with Crippen LogP contribution in [0.25, 0.3) is 5.95 Å². The summed E-state index contributed by atoms with van der Waals surface area (Å²) in [7, 11) is 0. The van der Waals surface area contributed by atoms with E-state index in [0.29, 0.717) is 36.6 Å². The smallest absolute Gasteiger partial charge is 0.254 e. The zero-order chi connectivity index (χ0) is 18.6. The summed E-state index contributed by atoms with van der Waals surface area (Å²) in [5.74, 6) is 0.358. The molecule has 2 heterocycles. The largest absolute Gasteiger partial charge is 0.393 e. The third-order valence-corrected chi connectivity index (χ3v) is 3.94. The van der Waals surface area contributed by atoms with Crippen molar-refractivity contribution in [1.29, 1.82) is 0 Å². The number of aliphatic hydroxyl groups is 1. The van der Waals surface area contributed by atoms with Crippen LogP contribution in [0.5, 0.6) is 0 Å². The van der Waals surface area contributed by atoms with Crippen LogP contribution >= 0.6 is 0 Å². The predicted molar refractivity (Wildman–Crippen MR) is 96.0 cm³/mol. The molecule has 0 aliphatic carbocycles. The maximum absolute atomic E-state index is 12.5. The molecule has 0 radical (unpaired) electrons. The Kier molecular flexibility index (Phi) is 6.25. The first-order valence-corrected chi connectivity index (χ1v) is 8.70. The molecule has 2 aromatic rings. The Balaban J connectivity index is 2.25. The van der Waals surface area contributed by atoms with E-state index in [0.717, 1.165) is 11.4 Å². The third kappa shape index (κ3) is 4.85. The van der Waals surface area contributed by atoms with Crippen molar-refractivity contribution in [1.82, 2.24) is 25.1 Å². The molecule has 0 spiro atoms. The average Bonchev–Trinajstić information content (AvgIpc) is 2.99. The number of carbonyl (C=O) groups is 1. The van der Waals surface area contributed by atoms with Gasteiger partial charge in [0.05, 0.1) is 17.4 Å². The Labute approximate surface area is 148 Å². The molecule has 136 valence electrons. The zero-order valence-corrected chi connectivity index (χ0v) is 15.6. The molecule has 0 fully saturated rings. The van der Waals surface area contributed by atoms with Crippen molar-refractivity contribution in [2.45, 2.75) is 59.5 Å². The second kappa shape index (κ2) is 8.20. The van der Waals surface area contributed by atoms with E-state index in [1.807, 2.05) is 40.7 Å². The van der Waals surface area contributed by atoms with Crippen molar-refractivity contribution < 1.29 is 9.90 Å². The number of aryl methyl sites for hydroxylation is 2. The lowest BCUT2D eigenvalue weighted by atomic mass is 10.1. The van der Waals surface area contributed by atoms with Crippen molar-refractivity contribution in [3.8, 4) is 5.95 Å². The van der Waals surface area contributed by atoms with Crippen LogP contribution in [0.4, 0.5) is 0 Å². The molecule has 1 atom stereocenters. The highest BCUT2D eigenvalue weighted by atomic mass is 16.3. The van der Waals surface area contributed by atoms with Gasteiger partial charge in [-0.25, -0.2) is 14.6 Å². The van der Waals surface area contributed by atoms with Gasteiger partial charge in [-0.05, 0) is 38.7 Å². The summed E-state index contributed by atoms with van der Waals surface area (Å²) in [6.07, 6.45) is 2.49. The Morgan fingerprint density at radius 2 is 1.92 bits per heavy atom. The van der Waals surface area contributed by atoms with Gasteiger partial charge in [0.1, 0.15) is 0 Å². The van der Waals surface area contributed by atoms with Crippen LogP contribution in [0, 0.1) is 13.8 Å². The highest BCUT2D eigenvalue weighted by molar-refractivity contribution is 5.95. The summed E-state index contributed by atoms with van der Waals surface area (Å²) in [5.41, 5.74) is 2.92. The standard InChI is InChI=1S/C18H27N5O2/c1-6-14(24)7-8-19-17(25)15-10-23(22-16(15)11(2)3)18-20-12(4)9-13(5)21-18/h9-11,14,24H,6-8H2,1-5H3,(H,19,25). The molecule has 0 aromatic carbocycles. The van der Waals surface area contributed by atoms with Gasteiger partial charge in [-0.1, -0.05) is 20.8 Å². The second-order valence-electron chi connectivity index (χ2n) is 6.58. The molecule has 1 amide bonds. The van der Waals surface area contributed by atoms with Gasteiger partial charge in [0.2, 0.25) is 0 Å². The van der Waals surface area contributed by atoms with Crippen LogP contribution in [0.1, 0.15) is 67.0 Å². The van der Waals surface area contributed by atoms with Crippen LogP contribution < -0.4 is 5.32 Å². The Morgan fingerprint density at radius 3 is 2.48 bits per heavy atom. The minimum Gasteiger partial charge on any atom is -0.393 e. The summed E-state index contributed by atoms with van der Waals surface area (Å²) in [4.78, 5) is 21.3. The van der Waals surface area contributed by atoms with Crippen molar-refractivity contribution in [3.63, 3.8) is 0 Å². The minimum atomic E-state index is -0.392. The first-order valence-electron chi connectivity index (χ1n) is 8.70. The van der Waals surface area contributed by atoms with Crippen molar-refractivity contribution >= 4 is 5.91 Å². The lowest BCUT2D eigenvalue weighted by Crippen LogP contribution is -2.27. The molecule has 0 aliphatic heterocycles. The highest BCUT2D eigenvalue weighted by Crippen LogP contribution is 2.19. The zero-order valence-electron chi connectivity index (χ0n) is 15.6. The van der Waals surface area contributed by atoms with E-state index < -0.39 is 6.10 Å². The van der Waals surface area contributed by atoms with Crippen LogP contribution in [0.15, 0.2) is 12.3 Å². The molecule has 0 bridgehead atoms. The monoisotopic (exact) mass is 345 g/mol. The highest BCUT2D eigenvalue weighted by Gasteiger charge is 2.20. The number of rotatable bonds is 7. The Bertz CT molecular complexity index is 719. The first-order chi connectivity index (χ1) is 11.8. The maximum atomic E-state index is 12.5. The molecule has 2 rings (SSSR count). The van der Waals surface area contributed by atoms with Crippen LogP contribution in [-0.4, -0.2) is 43.4 Å². The van der Waals surface area contributed by atoms with Gasteiger partial charge in [0, 0.05) is 24.1 Å². The molecule has 7 nitrogen and oxygen atoms in total. The lowest BCUT2D eigenvalue weighted by molar-refractivity contribution is 0.0940. The van der Waals surface area contributed by atoms with Gasteiger partial charge in [-0.3, -0.25) is 4.79 Å². The van der Waals surface area contributed by atoms with E-state index in [2.05, 4.69) is 20.4 Å². The van der Waals surface area contributed by atoms with Crippen LogP contribution in [0.3, 0.4) is 0 Å². The van der Waals surface area contributed by atoms with Gasteiger partial charge in [-0.2, -0.15) is 5.10 Å². The summed E-state index contributed by atoms with van der Waals surface area (Å²) in [5, 5.41) is 17.0. The predicted octanol–water partition coefficient (Wildman–Crippen LogP) is 2.29. The van der Waals surface area contributed by atoms with Crippen molar-refractivity contribution in [2.75, 3.05) is 6.54 Å². The first kappa shape index (κ1) is 19.1. The number of carbonyl (C=O) groups excluding carboxylic acids is 1. The van der Waals surface area contributed by atoms with Gasteiger partial charge in [0.15, 0.2) is 0 Å². The second-order valence-corrected chi connectivity index (χ2v) is 6.58. The van der Waals surface area contributed by atoms with E-state index in [9.17, 15) is 9.90 Å². The number of hydrogen-bond acceptors (Lipinski definition) is 5. The van der Waals surface area contributed by atoms with E-state index in [4.69, 9.17) is 0 Å². The fraction of sp³-hybridized carbons (Fsp3) is 0.556. The van der Waals surface area contributed by atoms with E-state index in [1.54, 1.807) is 10.9 Å². The summed E-state index contributed by atoms with van der Waals surface area (Å²) in [6, 6.07) is 1.89. The number of aliphatic hydroxyl groups excluding tert-OH is 1. The quantitative estimate of drug-likeness (QED) is 0.803. The number of aromatic nitrogens is 4. The molecule has 0 saturated carbocycles. The molecule has 0 saturated heterocycles. The van der Waals surface area contributed by atoms with Gasteiger partial charge < -0.3 is 10.4 Å². The number of nitrogens with zero attached hydrogens (tertiary/aromatic N) is 4. The topological polar surface area (TPSA) is 92.9 Å². The van der Waals surface area contributed by atoms with Crippen molar-refractivity contribution in [2.24, 2.45) is 0 Å². The SMILES string of the molecule is CCC(O)CCNC(=O)c1cn(-c2nc(C)cc(C)n2)nc1C(C)C. The van der Waals surface area contributed by atoms with E-state index >= 15 is 0 Å². The summed E-state index contributed by atoms with van der Waals surface area (Å²) < 4.78 is 1.56. The lowest BCUT2D eigenvalue weighted by Gasteiger charge is -2.09. The number of nitrogens with one attached hydrogen (secondary N) is 1. The molecule has 25 heavy (non-hydrogen) atoms. The van der Waals surface area contributed by atoms with Gasteiger partial charge >= 0.3 is 0 Å². The molecular formula is C18H27N5O2. The van der Waals surface area contributed by atoms with Crippen LogP contribution in [0.2, 0.25) is 0 Å². The normalized spacial score (nSPS) is 12.4. The summed E-state index contributed by atoms with van der Waals surface area (Å²) >= 11 is 0.